The molecule has 0 aromatic rings. The van der Waals surface area contributed by atoms with Gasteiger partial charge in [-0.2, -0.15) is 0 Å². The number of carboxylic acids is 1. The fraction of sp³-hybridized carbons (Fsp3) is 0.909. The summed E-state index contributed by atoms with van der Waals surface area (Å²) in [5.41, 5.74) is -0.963. The number of carbonyl (C=O) groups is 1. The molecule has 2 aliphatic rings. The Labute approximate surface area is 107 Å². The van der Waals surface area contributed by atoms with Crippen molar-refractivity contribution in [3.05, 3.63) is 0 Å². The molecule has 0 amide bonds. The van der Waals surface area contributed by atoms with Crippen LogP contribution in [0.3, 0.4) is 0 Å². The molecule has 3 atom stereocenters. The Hall–Kier alpha value is -0.660. The van der Waals surface area contributed by atoms with E-state index in [0.717, 1.165) is 0 Å². The van der Waals surface area contributed by atoms with Crippen LogP contribution in [0.25, 0.3) is 0 Å². The van der Waals surface area contributed by atoms with Gasteiger partial charge in [-0.1, -0.05) is 0 Å². The lowest BCUT2D eigenvalue weighted by molar-refractivity contribution is -0.146. The van der Waals surface area contributed by atoms with Gasteiger partial charge in [0.15, 0.2) is 0 Å². The van der Waals surface area contributed by atoms with Crippen LogP contribution in [0, 0.1) is 5.41 Å². The van der Waals surface area contributed by atoms with Crippen molar-refractivity contribution in [2.75, 3.05) is 19.7 Å². The molecule has 0 spiro atoms. The highest BCUT2D eigenvalue weighted by Crippen LogP contribution is 2.34. The van der Waals surface area contributed by atoms with Crippen LogP contribution >= 0.6 is 0 Å². The number of nitrogens with zero attached hydrogens (tertiary/aromatic N) is 1. The van der Waals surface area contributed by atoms with Gasteiger partial charge in [0.1, 0.15) is 5.25 Å². The van der Waals surface area contributed by atoms with Crippen molar-refractivity contribution in [3.8, 4) is 0 Å². The van der Waals surface area contributed by atoms with Crippen LogP contribution in [0.4, 0.5) is 0 Å². The smallest absolute Gasteiger partial charge is 0.310 e. The monoisotopic (exact) mass is 277 g/mol. The number of hydrogen-bond acceptors (Lipinski definition) is 4. The zero-order chi connectivity index (χ0) is 13.6. The molecule has 18 heavy (non-hydrogen) atoms. The van der Waals surface area contributed by atoms with Gasteiger partial charge in [0.2, 0.25) is 10.0 Å². The molecule has 2 saturated heterocycles. The SMILES string of the molecule is CC1OCCC1S(=O)(=O)N1CCC(C)(C(=O)O)C1. The minimum atomic E-state index is -3.45. The lowest BCUT2D eigenvalue weighted by Crippen LogP contribution is -2.42. The zero-order valence-corrected chi connectivity index (χ0v) is 11.4. The summed E-state index contributed by atoms with van der Waals surface area (Å²) in [6.07, 6.45) is 0.541. The molecule has 0 saturated carbocycles. The van der Waals surface area contributed by atoms with Crippen LogP contribution < -0.4 is 0 Å². The van der Waals surface area contributed by atoms with Crippen molar-refractivity contribution >= 4 is 16.0 Å². The van der Waals surface area contributed by atoms with E-state index < -0.39 is 26.7 Å². The van der Waals surface area contributed by atoms with Gasteiger partial charge in [-0.05, 0) is 26.7 Å². The summed E-state index contributed by atoms with van der Waals surface area (Å²) in [5, 5.41) is 8.59. The van der Waals surface area contributed by atoms with Gasteiger partial charge in [-0.15, -0.1) is 0 Å². The predicted octanol–water partition coefficient (Wildman–Crippen LogP) is 0.290. The number of rotatable bonds is 3. The first-order valence-electron chi connectivity index (χ1n) is 6.11. The largest absolute Gasteiger partial charge is 0.481 e. The van der Waals surface area contributed by atoms with Gasteiger partial charge in [0.25, 0.3) is 0 Å². The van der Waals surface area contributed by atoms with E-state index in [2.05, 4.69) is 0 Å². The quantitative estimate of drug-likeness (QED) is 0.801. The minimum Gasteiger partial charge on any atom is -0.481 e. The molecule has 104 valence electrons. The molecule has 2 rings (SSSR count). The van der Waals surface area contributed by atoms with E-state index in [1.807, 2.05) is 0 Å². The van der Waals surface area contributed by atoms with Gasteiger partial charge in [-0.25, -0.2) is 12.7 Å². The molecule has 6 nitrogen and oxygen atoms in total. The number of hydrogen-bond donors (Lipinski definition) is 1. The maximum atomic E-state index is 12.4. The molecule has 0 aromatic carbocycles. The maximum absolute atomic E-state index is 12.4. The average molecular weight is 277 g/mol. The molecule has 7 heteroatoms. The second-order valence-corrected chi connectivity index (χ2v) is 7.55. The molecule has 2 heterocycles. The molecular formula is C11H19NO5S. The summed E-state index contributed by atoms with van der Waals surface area (Å²) in [6, 6.07) is 0. The Balaban J connectivity index is 2.16. The third-order valence-corrected chi connectivity index (χ3v) is 6.42. The first-order valence-corrected chi connectivity index (χ1v) is 7.62. The van der Waals surface area contributed by atoms with E-state index in [0.29, 0.717) is 19.4 Å². The highest BCUT2D eigenvalue weighted by molar-refractivity contribution is 7.89. The van der Waals surface area contributed by atoms with E-state index in [4.69, 9.17) is 9.84 Å². The Morgan fingerprint density at radius 3 is 2.61 bits per heavy atom. The third-order valence-electron chi connectivity index (χ3n) is 4.00. The molecule has 2 aliphatic heterocycles. The summed E-state index contributed by atoms with van der Waals surface area (Å²) >= 11 is 0. The van der Waals surface area contributed by atoms with Gasteiger partial charge in [0, 0.05) is 19.7 Å². The summed E-state index contributed by atoms with van der Waals surface area (Å²) in [4.78, 5) is 11.1. The van der Waals surface area contributed by atoms with Crippen LogP contribution in [-0.2, 0) is 19.6 Å². The molecule has 1 N–H and O–H groups in total. The highest BCUT2D eigenvalue weighted by atomic mass is 32.2. The van der Waals surface area contributed by atoms with Crippen LogP contribution in [0.2, 0.25) is 0 Å². The lowest BCUT2D eigenvalue weighted by atomic mass is 9.90. The van der Waals surface area contributed by atoms with E-state index in [1.54, 1.807) is 13.8 Å². The van der Waals surface area contributed by atoms with E-state index in [-0.39, 0.29) is 19.2 Å². The van der Waals surface area contributed by atoms with Gasteiger partial charge < -0.3 is 9.84 Å². The summed E-state index contributed by atoms with van der Waals surface area (Å²) < 4.78 is 31.4. The summed E-state index contributed by atoms with van der Waals surface area (Å²) in [7, 11) is -3.45. The van der Waals surface area contributed by atoms with E-state index in [1.165, 1.54) is 4.31 Å². The van der Waals surface area contributed by atoms with Gasteiger partial charge >= 0.3 is 5.97 Å². The summed E-state index contributed by atoms with van der Waals surface area (Å²) in [5.74, 6) is -0.934. The maximum Gasteiger partial charge on any atom is 0.310 e. The average Bonchev–Trinajstić information content (AvgIpc) is 2.86. The Bertz CT molecular complexity index is 448. The van der Waals surface area contributed by atoms with E-state index >= 15 is 0 Å². The second kappa shape index (κ2) is 4.47. The molecule has 0 radical (unpaired) electrons. The normalized spacial score (nSPS) is 38.1. The second-order valence-electron chi connectivity index (χ2n) is 5.40. The number of sulfonamides is 1. The van der Waals surface area contributed by atoms with Crippen molar-refractivity contribution in [3.63, 3.8) is 0 Å². The summed E-state index contributed by atoms with van der Waals surface area (Å²) in [6.45, 7) is 4.15. The van der Waals surface area contributed by atoms with Gasteiger partial charge in [0.05, 0.1) is 11.5 Å². The van der Waals surface area contributed by atoms with Crippen LogP contribution in [0.15, 0.2) is 0 Å². The standard InChI is InChI=1S/C11H19NO5S/c1-8-9(3-6-17-8)18(15,16)12-5-4-11(2,7-12)10(13)14/h8-9H,3-7H2,1-2H3,(H,13,14). The highest BCUT2D eigenvalue weighted by Gasteiger charge is 2.48. The number of aliphatic carboxylic acids is 1. The van der Waals surface area contributed by atoms with Crippen molar-refractivity contribution < 1.29 is 23.1 Å². The Morgan fingerprint density at radius 2 is 2.17 bits per heavy atom. The molecule has 2 fully saturated rings. The van der Waals surface area contributed by atoms with Crippen molar-refractivity contribution in [2.45, 2.75) is 38.0 Å². The third kappa shape index (κ3) is 2.15. The Morgan fingerprint density at radius 1 is 1.50 bits per heavy atom. The first-order chi connectivity index (χ1) is 8.27. The minimum absolute atomic E-state index is 0.0634. The Kier molecular flexibility index (Phi) is 3.42. The van der Waals surface area contributed by atoms with Crippen molar-refractivity contribution in [2.24, 2.45) is 5.41 Å². The molecule has 0 aromatic heterocycles. The van der Waals surface area contributed by atoms with Crippen molar-refractivity contribution in [1.29, 1.82) is 0 Å². The van der Waals surface area contributed by atoms with Crippen LogP contribution in [0.5, 0.6) is 0 Å². The van der Waals surface area contributed by atoms with Gasteiger partial charge in [-0.3, -0.25) is 4.79 Å². The van der Waals surface area contributed by atoms with Crippen LogP contribution in [-0.4, -0.2) is 54.8 Å². The molecular weight excluding hydrogens is 258 g/mol. The fourth-order valence-electron chi connectivity index (χ4n) is 2.61. The van der Waals surface area contributed by atoms with Crippen molar-refractivity contribution in [1.82, 2.24) is 4.31 Å². The number of carboxylic acid groups (broad SMARTS) is 1. The topological polar surface area (TPSA) is 83.9 Å². The lowest BCUT2D eigenvalue weighted by Gasteiger charge is -2.24. The fourth-order valence-corrected chi connectivity index (χ4v) is 4.76. The number of ether oxygens (including phenoxy) is 1. The molecule has 0 aliphatic carbocycles. The van der Waals surface area contributed by atoms with Crippen LogP contribution in [0.1, 0.15) is 26.7 Å². The molecule has 3 unspecified atom stereocenters. The van der Waals surface area contributed by atoms with E-state index in [9.17, 15) is 13.2 Å². The molecule has 0 bridgehead atoms. The zero-order valence-electron chi connectivity index (χ0n) is 10.6. The predicted molar refractivity (Wildman–Crippen MR) is 64.7 cm³/mol. The first kappa shape index (κ1) is 13.8.